The van der Waals surface area contributed by atoms with Crippen LogP contribution < -0.4 is 10.2 Å². The fourth-order valence-electron chi connectivity index (χ4n) is 2.96. The first kappa shape index (κ1) is 13.9. The summed E-state index contributed by atoms with van der Waals surface area (Å²) in [4.78, 5) is 18.2. The Balaban J connectivity index is 1.73. The smallest absolute Gasteiger partial charge is 0.216 e. The number of carbonyl (C=O) groups excluding carboxylic acids is 1. The third kappa shape index (κ3) is 3.32. The van der Waals surface area contributed by atoms with Gasteiger partial charge in [-0.05, 0) is 37.0 Å². The molecule has 1 aromatic carbocycles. The van der Waals surface area contributed by atoms with Crippen molar-refractivity contribution in [2.75, 3.05) is 24.5 Å². The average Bonchev–Trinajstić information content (AvgIpc) is 2.53. The molecule has 0 saturated carbocycles. The second-order valence-corrected chi connectivity index (χ2v) is 5.75. The van der Waals surface area contributed by atoms with Gasteiger partial charge in [-0.15, -0.1) is 0 Å². The van der Waals surface area contributed by atoms with Crippen LogP contribution in [0.15, 0.2) is 36.4 Å². The lowest BCUT2D eigenvalue weighted by Gasteiger charge is -2.33. The number of anilines is 1. The van der Waals surface area contributed by atoms with Crippen molar-refractivity contribution in [1.82, 2.24) is 10.3 Å². The minimum absolute atomic E-state index is 0.0518. The fraction of sp³-hybridized carbons (Fsp3) is 0.412. The molecule has 1 fully saturated rings. The second kappa shape index (κ2) is 6.12. The average molecular weight is 283 g/mol. The van der Waals surface area contributed by atoms with Crippen molar-refractivity contribution in [2.24, 2.45) is 5.92 Å². The molecule has 0 spiro atoms. The number of fused-ring (bicyclic) bond motifs is 1. The summed E-state index contributed by atoms with van der Waals surface area (Å²) in [6.07, 6.45) is 2.32. The van der Waals surface area contributed by atoms with E-state index < -0.39 is 0 Å². The summed E-state index contributed by atoms with van der Waals surface area (Å²) in [5.74, 6) is 1.60. The molecule has 1 aromatic heterocycles. The van der Waals surface area contributed by atoms with E-state index in [4.69, 9.17) is 4.98 Å². The molecule has 1 aliphatic rings. The minimum atomic E-state index is 0.0518. The highest BCUT2D eigenvalue weighted by atomic mass is 16.1. The van der Waals surface area contributed by atoms with Crippen LogP contribution in [0.5, 0.6) is 0 Å². The van der Waals surface area contributed by atoms with Gasteiger partial charge in [0.15, 0.2) is 0 Å². The predicted octanol–water partition coefficient (Wildman–Crippen LogP) is 2.59. The summed E-state index contributed by atoms with van der Waals surface area (Å²) in [6, 6.07) is 12.4. The lowest BCUT2D eigenvalue weighted by atomic mass is 9.98. The number of hydrogen-bond donors (Lipinski definition) is 1. The van der Waals surface area contributed by atoms with E-state index in [2.05, 4.69) is 34.5 Å². The van der Waals surface area contributed by atoms with Crippen LogP contribution in [0, 0.1) is 5.92 Å². The number of piperidine rings is 1. The van der Waals surface area contributed by atoms with Gasteiger partial charge in [-0.3, -0.25) is 4.79 Å². The Labute approximate surface area is 125 Å². The first-order valence-electron chi connectivity index (χ1n) is 7.57. The molecule has 0 aliphatic carbocycles. The van der Waals surface area contributed by atoms with E-state index in [9.17, 15) is 4.79 Å². The van der Waals surface area contributed by atoms with Crippen LogP contribution in [0.2, 0.25) is 0 Å². The zero-order valence-corrected chi connectivity index (χ0v) is 12.4. The van der Waals surface area contributed by atoms with Gasteiger partial charge >= 0.3 is 0 Å². The Kier molecular flexibility index (Phi) is 4.04. The van der Waals surface area contributed by atoms with Crippen LogP contribution in [-0.4, -0.2) is 30.5 Å². The van der Waals surface area contributed by atoms with E-state index in [1.54, 1.807) is 6.92 Å². The van der Waals surface area contributed by atoms with Crippen LogP contribution >= 0.6 is 0 Å². The van der Waals surface area contributed by atoms with Gasteiger partial charge in [-0.2, -0.15) is 0 Å². The number of hydrogen-bond acceptors (Lipinski definition) is 3. The minimum Gasteiger partial charge on any atom is -0.356 e. The maximum Gasteiger partial charge on any atom is 0.216 e. The molecule has 1 N–H and O–H groups in total. The molecule has 1 atom stereocenters. The summed E-state index contributed by atoms with van der Waals surface area (Å²) in [5.41, 5.74) is 1.04. The van der Waals surface area contributed by atoms with Crippen LogP contribution in [-0.2, 0) is 4.79 Å². The Morgan fingerprint density at radius 2 is 2.19 bits per heavy atom. The van der Waals surface area contributed by atoms with Crippen molar-refractivity contribution in [2.45, 2.75) is 19.8 Å². The predicted molar refractivity (Wildman–Crippen MR) is 85.4 cm³/mol. The largest absolute Gasteiger partial charge is 0.356 e. The topological polar surface area (TPSA) is 45.2 Å². The van der Waals surface area contributed by atoms with Crippen molar-refractivity contribution in [3.05, 3.63) is 36.4 Å². The van der Waals surface area contributed by atoms with E-state index in [0.717, 1.165) is 37.4 Å². The first-order chi connectivity index (χ1) is 10.2. The summed E-state index contributed by atoms with van der Waals surface area (Å²) in [7, 11) is 0. The molecule has 0 radical (unpaired) electrons. The molecule has 1 aliphatic heterocycles. The van der Waals surface area contributed by atoms with Gasteiger partial charge in [0.25, 0.3) is 0 Å². The van der Waals surface area contributed by atoms with Crippen LogP contribution in [0.1, 0.15) is 19.8 Å². The molecule has 1 saturated heterocycles. The van der Waals surface area contributed by atoms with Crippen molar-refractivity contribution in [3.63, 3.8) is 0 Å². The number of nitrogens with one attached hydrogen (secondary N) is 1. The van der Waals surface area contributed by atoms with Crippen LogP contribution in [0.3, 0.4) is 0 Å². The zero-order chi connectivity index (χ0) is 14.7. The molecule has 2 aromatic rings. The van der Waals surface area contributed by atoms with Crippen LogP contribution in [0.4, 0.5) is 5.82 Å². The number of nitrogens with zero attached hydrogens (tertiary/aromatic N) is 2. The van der Waals surface area contributed by atoms with Gasteiger partial charge < -0.3 is 10.2 Å². The third-order valence-corrected chi connectivity index (χ3v) is 4.07. The lowest BCUT2D eigenvalue weighted by Crippen LogP contribution is -2.40. The third-order valence-electron chi connectivity index (χ3n) is 4.07. The molecule has 21 heavy (non-hydrogen) atoms. The highest BCUT2D eigenvalue weighted by molar-refractivity contribution is 5.80. The van der Waals surface area contributed by atoms with Crippen molar-refractivity contribution < 1.29 is 4.79 Å². The molecular formula is C17H21N3O. The molecule has 2 heterocycles. The standard InChI is InChI=1S/C17H21N3O/c1-13(21)18-11-14-5-4-10-20(12-14)17-9-8-15-6-2-3-7-16(15)19-17/h2-3,6-9,14H,4-5,10-12H2,1H3,(H,18,21). The Hall–Kier alpha value is -2.10. The van der Waals surface area contributed by atoms with Gasteiger partial charge in [0.05, 0.1) is 5.52 Å². The van der Waals surface area contributed by atoms with Gasteiger partial charge in [-0.25, -0.2) is 4.98 Å². The van der Waals surface area contributed by atoms with Crippen molar-refractivity contribution in [3.8, 4) is 0 Å². The number of aromatic nitrogens is 1. The maximum absolute atomic E-state index is 11.0. The quantitative estimate of drug-likeness (QED) is 0.941. The molecule has 0 bridgehead atoms. The number of benzene rings is 1. The summed E-state index contributed by atoms with van der Waals surface area (Å²) in [6.45, 7) is 4.35. The molecule has 3 rings (SSSR count). The normalized spacial score (nSPS) is 18.7. The second-order valence-electron chi connectivity index (χ2n) is 5.75. The van der Waals surface area contributed by atoms with E-state index in [1.165, 1.54) is 11.8 Å². The number of carbonyl (C=O) groups is 1. The molecule has 1 unspecified atom stereocenters. The summed E-state index contributed by atoms with van der Waals surface area (Å²) < 4.78 is 0. The maximum atomic E-state index is 11.0. The Morgan fingerprint density at radius 1 is 1.33 bits per heavy atom. The van der Waals surface area contributed by atoms with Crippen molar-refractivity contribution >= 4 is 22.6 Å². The summed E-state index contributed by atoms with van der Waals surface area (Å²) in [5, 5.41) is 4.10. The van der Waals surface area contributed by atoms with Crippen molar-refractivity contribution in [1.29, 1.82) is 0 Å². The van der Waals surface area contributed by atoms with E-state index in [1.807, 2.05) is 12.1 Å². The highest BCUT2D eigenvalue weighted by Crippen LogP contribution is 2.23. The fourth-order valence-corrected chi connectivity index (χ4v) is 2.96. The molecular weight excluding hydrogens is 262 g/mol. The van der Waals surface area contributed by atoms with Gasteiger partial charge in [-0.1, -0.05) is 18.2 Å². The number of amides is 1. The number of pyridine rings is 1. The SMILES string of the molecule is CC(=O)NCC1CCCN(c2ccc3ccccc3n2)C1. The number of para-hydroxylation sites is 1. The zero-order valence-electron chi connectivity index (χ0n) is 12.4. The highest BCUT2D eigenvalue weighted by Gasteiger charge is 2.21. The first-order valence-corrected chi connectivity index (χ1v) is 7.57. The Bertz CT molecular complexity index is 641. The summed E-state index contributed by atoms with van der Waals surface area (Å²) >= 11 is 0. The molecule has 110 valence electrons. The van der Waals surface area contributed by atoms with E-state index in [0.29, 0.717) is 5.92 Å². The van der Waals surface area contributed by atoms with Gasteiger partial charge in [0.2, 0.25) is 5.91 Å². The van der Waals surface area contributed by atoms with E-state index in [-0.39, 0.29) is 5.91 Å². The molecule has 4 heteroatoms. The monoisotopic (exact) mass is 283 g/mol. The van der Waals surface area contributed by atoms with E-state index >= 15 is 0 Å². The van der Waals surface area contributed by atoms with Gasteiger partial charge in [0, 0.05) is 31.9 Å². The molecule has 1 amide bonds. The van der Waals surface area contributed by atoms with Gasteiger partial charge in [0.1, 0.15) is 5.82 Å². The van der Waals surface area contributed by atoms with Crippen LogP contribution in [0.25, 0.3) is 10.9 Å². The lowest BCUT2D eigenvalue weighted by molar-refractivity contribution is -0.119. The Morgan fingerprint density at radius 3 is 3.05 bits per heavy atom. The number of rotatable bonds is 3. The molecule has 4 nitrogen and oxygen atoms in total.